The molecule has 5 nitrogen and oxygen atoms in total. The number of nitrogens with one attached hydrogen (secondary N) is 1. The Balaban J connectivity index is 1.49. The average molecular weight is 310 g/mol. The Kier molecular flexibility index (Phi) is 5.09. The van der Waals surface area contributed by atoms with Crippen LogP contribution in [0.15, 0.2) is 53.8 Å². The zero-order valence-corrected chi connectivity index (χ0v) is 13.4. The van der Waals surface area contributed by atoms with E-state index >= 15 is 0 Å². The summed E-state index contributed by atoms with van der Waals surface area (Å²) < 4.78 is 5.65. The van der Waals surface area contributed by atoms with Crippen LogP contribution in [0.25, 0.3) is 0 Å². The summed E-state index contributed by atoms with van der Waals surface area (Å²) in [5.74, 6) is 1.71. The molecule has 0 atom stereocenters. The van der Waals surface area contributed by atoms with Crippen LogP contribution in [0.4, 0.5) is 0 Å². The standard InChI is InChI=1S/C18H22N4O/c1-19-18(21-10-12-23-17-7-4-9-20-13-17)22-11-8-15-5-2-3-6-16(15)14-22/h2-7,9,13H,8,10-12,14H2,1H3,(H,19,21). The fraction of sp³-hybridized carbons (Fsp3) is 0.333. The first-order chi connectivity index (χ1) is 11.4. The van der Waals surface area contributed by atoms with Crippen LogP contribution < -0.4 is 10.1 Å². The monoisotopic (exact) mass is 310 g/mol. The van der Waals surface area contributed by atoms with Gasteiger partial charge in [0.2, 0.25) is 0 Å². The lowest BCUT2D eigenvalue weighted by Crippen LogP contribution is -2.45. The molecule has 120 valence electrons. The lowest BCUT2D eigenvalue weighted by Gasteiger charge is -2.31. The molecule has 2 heterocycles. The third-order valence-electron chi connectivity index (χ3n) is 3.93. The minimum Gasteiger partial charge on any atom is -0.490 e. The number of ether oxygens (including phenoxy) is 1. The molecule has 1 aliphatic rings. The number of benzene rings is 1. The van der Waals surface area contributed by atoms with Gasteiger partial charge in [0.05, 0.1) is 12.7 Å². The molecule has 23 heavy (non-hydrogen) atoms. The van der Waals surface area contributed by atoms with E-state index in [1.807, 2.05) is 19.2 Å². The third-order valence-corrected chi connectivity index (χ3v) is 3.93. The van der Waals surface area contributed by atoms with Gasteiger partial charge in [-0.2, -0.15) is 0 Å². The van der Waals surface area contributed by atoms with E-state index in [1.54, 1.807) is 12.4 Å². The number of hydrogen-bond donors (Lipinski definition) is 1. The minimum absolute atomic E-state index is 0.579. The molecular formula is C18H22N4O. The van der Waals surface area contributed by atoms with E-state index in [4.69, 9.17) is 4.74 Å². The first-order valence-corrected chi connectivity index (χ1v) is 7.92. The Hall–Kier alpha value is -2.56. The van der Waals surface area contributed by atoms with Crippen molar-refractivity contribution >= 4 is 5.96 Å². The average Bonchev–Trinajstić information content (AvgIpc) is 2.62. The zero-order chi connectivity index (χ0) is 15.9. The summed E-state index contributed by atoms with van der Waals surface area (Å²) in [5.41, 5.74) is 2.83. The van der Waals surface area contributed by atoms with Crippen LogP contribution in [-0.2, 0) is 13.0 Å². The summed E-state index contributed by atoms with van der Waals surface area (Å²) in [7, 11) is 1.82. The Bertz CT molecular complexity index is 657. The molecule has 5 heteroatoms. The van der Waals surface area contributed by atoms with Crippen molar-refractivity contribution in [2.45, 2.75) is 13.0 Å². The van der Waals surface area contributed by atoms with Gasteiger partial charge in [-0.15, -0.1) is 0 Å². The predicted molar refractivity (Wildman–Crippen MR) is 91.6 cm³/mol. The van der Waals surface area contributed by atoms with E-state index in [1.165, 1.54) is 11.1 Å². The Labute approximate surface area is 137 Å². The van der Waals surface area contributed by atoms with E-state index in [9.17, 15) is 0 Å². The molecule has 0 unspecified atom stereocenters. The highest BCUT2D eigenvalue weighted by Gasteiger charge is 2.18. The van der Waals surface area contributed by atoms with E-state index in [0.29, 0.717) is 13.2 Å². The van der Waals surface area contributed by atoms with Crippen molar-refractivity contribution < 1.29 is 4.74 Å². The molecule has 0 spiro atoms. The Morgan fingerprint density at radius 2 is 2.13 bits per heavy atom. The van der Waals surface area contributed by atoms with Crippen molar-refractivity contribution in [3.63, 3.8) is 0 Å². The first-order valence-electron chi connectivity index (χ1n) is 7.92. The second-order valence-corrected chi connectivity index (χ2v) is 5.45. The molecule has 0 fully saturated rings. The third kappa shape index (κ3) is 4.00. The molecule has 0 radical (unpaired) electrons. The van der Waals surface area contributed by atoms with E-state index < -0.39 is 0 Å². The molecule has 1 N–H and O–H groups in total. The number of hydrogen-bond acceptors (Lipinski definition) is 3. The molecule has 0 amide bonds. The van der Waals surface area contributed by atoms with Gasteiger partial charge >= 0.3 is 0 Å². The Morgan fingerprint density at radius 3 is 2.91 bits per heavy atom. The molecule has 1 aromatic heterocycles. The maximum Gasteiger partial charge on any atom is 0.194 e. The van der Waals surface area contributed by atoms with E-state index in [0.717, 1.165) is 31.2 Å². The van der Waals surface area contributed by atoms with Crippen LogP contribution in [0.3, 0.4) is 0 Å². The molecular weight excluding hydrogens is 288 g/mol. The van der Waals surface area contributed by atoms with Crippen LogP contribution in [0.2, 0.25) is 0 Å². The number of aromatic nitrogens is 1. The van der Waals surface area contributed by atoms with Gasteiger partial charge < -0.3 is 15.0 Å². The maximum atomic E-state index is 5.65. The summed E-state index contributed by atoms with van der Waals surface area (Å²) in [5, 5.41) is 3.37. The smallest absolute Gasteiger partial charge is 0.194 e. The van der Waals surface area contributed by atoms with Crippen LogP contribution in [0, 0.1) is 0 Å². The van der Waals surface area contributed by atoms with Gasteiger partial charge in [0, 0.05) is 26.3 Å². The highest BCUT2D eigenvalue weighted by molar-refractivity contribution is 5.80. The number of pyridine rings is 1. The van der Waals surface area contributed by atoms with Crippen molar-refractivity contribution in [3.05, 3.63) is 59.9 Å². The first kappa shape index (κ1) is 15.3. The lowest BCUT2D eigenvalue weighted by molar-refractivity contribution is 0.314. The molecule has 2 aromatic rings. The fourth-order valence-corrected chi connectivity index (χ4v) is 2.77. The van der Waals surface area contributed by atoms with Crippen LogP contribution in [0.5, 0.6) is 5.75 Å². The summed E-state index contributed by atoms with van der Waals surface area (Å²) in [6.07, 6.45) is 4.51. The van der Waals surface area contributed by atoms with E-state index in [2.05, 4.69) is 44.5 Å². The highest BCUT2D eigenvalue weighted by Crippen LogP contribution is 2.18. The van der Waals surface area contributed by atoms with Gasteiger partial charge in [-0.1, -0.05) is 24.3 Å². The van der Waals surface area contributed by atoms with Gasteiger partial charge in [0.15, 0.2) is 5.96 Å². The van der Waals surface area contributed by atoms with Gasteiger partial charge in [-0.3, -0.25) is 9.98 Å². The maximum absolute atomic E-state index is 5.65. The second-order valence-electron chi connectivity index (χ2n) is 5.45. The SMILES string of the molecule is CN=C(NCCOc1cccnc1)N1CCc2ccccc2C1. The van der Waals surface area contributed by atoms with Gasteiger partial charge in [-0.05, 0) is 29.7 Å². The van der Waals surface area contributed by atoms with Crippen molar-refractivity contribution in [2.24, 2.45) is 4.99 Å². The highest BCUT2D eigenvalue weighted by atomic mass is 16.5. The molecule has 0 aliphatic carbocycles. The molecule has 1 aromatic carbocycles. The number of aliphatic imine (C=N–C) groups is 1. The number of nitrogens with zero attached hydrogens (tertiary/aromatic N) is 3. The van der Waals surface area contributed by atoms with Crippen molar-refractivity contribution in [1.29, 1.82) is 0 Å². The Morgan fingerprint density at radius 1 is 1.26 bits per heavy atom. The van der Waals surface area contributed by atoms with Crippen LogP contribution >= 0.6 is 0 Å². The number of rotatable bonds is 4. The van der Waals surface area contributed by atoms with Crippen LogP contribution in [0.1, 0.15) is 11.1 Å². The van der Waals surface area contributed by atoms with Crippen molar-refractivity contribution in [2.75, 3.05) is 26.7 Å². The summed E-state index contributed by atoms with van der Waals surface area (Å²) in [6.45, 7) is 3.17. The fourth-order valence-electron chi connectivity index (χ4n) is 2.77. The number of fused-ring (bicyclic) bond motifs is 1. The summed E-state index contributed by atoms with van der Waals surface area (Å²) >= 11 is 0. The van der Waals surface area contributed by atoms with Gasteiger partial charge in [-0.25, -0.2) is 0 Å². The summed E-state index contributed by atoms with van der Waals surface area (Å²) in [6, 6.07) is 12.4. The van der Waals surface area contributed by atoms with Crippen LogP contribution in [-0.4, -0.2) is 42.6 Å². The van der Waals surface area contributed by atoms with Gasteiger partial charge in [0.25, 0.3) is 0 Å². The quantitative estimate of drug-likeness (QED) is 0.534. The molecule has 0 saturated carbocycles. The molecule has 0 saturated heterocycles. The largest absolute Gasteiger partial charge is 0.490 e. The normalized spacial score (nSPS) is 14.3. The van der Waals surface area contributed by atoms with Crippen molar-refractivity contribution in [1.82, 2.24) is 15.2 Å². The molecule has 0 bridgehead atoms. The number of guanidine groups is 1. The predicted octanol–water partition coefficient (Wildman–Crippen LogP) is 2.09. The zero-order valence-electron chi connectivity index (χ0n) is 13.4. The minimum atomic E-state index is 0.579. The molecule has 1 aliphatic heterocycles. The van der Waals surface area contributed by atoms with Gasteiger partial charge in [0.1, 0.15) is 12.4 Å². The van der Waals surface area contributed by atoms with Crippen molar-refractivity contribution in [3.8, 4) is 5.75 Å². The molecule has 3 rings (SSSR count). The summed E-state index contributed by atoms with van der Waals surface area (Å²) in [4.78, 5) is 10.7. The second kappa shape index (κ2) is 7.63. The van der Waals surface area contributed by atoms with E-state index in [-0.39, 0.29) is 0 Å². The topological polar surface area (TPSA) is 49.8 Å². The lowest BCUT2D eigenvalue weighted by atomic mass is 10.0.